The van der Waals surface area contributed by atoms with Gasteiger partial charge in [-0.15, -0.1) is 23.5 Å². The van der Waals surface area contributed by atoms with Crippen LogP contribution in [0.15, 0.2) is 147 Å². The Bertz CT molecular complexity index is 5370. The fraction of sp³-hybridized carbons (Fsp3) is 0.716. The van der Waals surface area contributed by atoms with Crippen LogP contribution in [0.2, 0.25) is 0 Å². The van der Waals surface area contributed by atoms with Gasteiger partial charge in [0.05, 0.1) is 99.4 Å². The van der Waals surface area contributed by atoms with Crippen molar-refractivity contribution in [3.63, 3.8) is 0 Å². The molecule has 9 aliphatic heterocycles. The Kier molecular flexibility index (Phi) is 47.1. The number of urea groups is 2. The van der Waals surface area contributed by atoms with Gasteiger partial charge in [-0.2, -0.15) is 4.98 Å². The van der Waals surface area contributed by atoms with Gasteiger partial charge >= 0.3 is 29.1 Å². The zero-order chi connectivity index (χ0) is 105. The molecule has 788 valence electrons. The smallest absolute Gasteiger partial charge is 0.351 e. The molecule has 4 unspecified atom stereocenters. The van der Waals surface area contributed by atoms with Gasteiger partial charge in [-0.3, -0.25) is 42.2 Å². The third-order valence-corrected chi connectivity index (χ3v) is 24.9. The van der Waals surface area contributed by atoms with Crippen molar-refractivity contribution in [1.29, 1.82) is 0 Å². The predicted molar refractivity (Wildman–Crippen MR) is 547 cm³/mol. The molecule has 6 fully saturated rings. The number of carbonyl (C=O) groups excluding carboxylic acids is 2. The van der Waals surface area contributed by atoms with Crippen molar-refractivity contribution >= 4 is 47.2 Å². The predicted octanol–water partition coefficient (Wildman–Crippen LogP) is 15.6. The second-order valence-electron chi connectivity index (χ2n) is 39.8. The molecule has 3 aromatic rings. The van der Waals surface area contributed by atoms with Crippen molar-refractivity contribution in [2.45, 2.75) is 317 Å². The molecule has 0 radical (unpaired) electrons. The molecule has 4 amide bonds. The van der Waals surface area contributed by atoms with Gasteiger partial charge in [-0.05, 0) is 172 Å². The van der Waals surface area contributed by atoms with E-state index in [0.29, 0.717) is 112 Å². The number of methoxy groups -OCH3 is 1. The van der Waals surface area contributed by atoms with Gasteiger partial charge in [0.1, 0.15) is 65.7 Å². The molecule has 3 aromatic heterocycles. The number of hydrogen-bond acceptors (Lipinski definition) is 30. The van der Waals surface area contributed by atoms with Crippen molar-refractivity contribution < 1.29 is 66.4 Å². The molecule has 0 aliphatic carbocycles. The number of aliphatic imine (C=N–C) groups is 1. The number of nitrogens with zero attached hydrogens (tertiary/aromatic N) is 24. The Balaban J connectivity index is 0.000000232. The summed E-state index contributed by atoms with van der Waals surface area (Å²) in [6.45, 7) is 60.5. The molecule has 45 nitrogen and oxygen atoms in total. The minimum atomic E-state index is -0.667. The Morgan fingerprint density at radius 3 is 1.37 bits per heavy atom. The summed E-state index contributed by atoms with van der Waals surface area (Å²) in [5.41, 5.74) is 36.0. The van der Waals surface area contributed by atoms with Gasteiger partial charge in [-0.25, -0.2) is 29.0 Å². The number of amidine groups is 1. The topological polar surface area (TPSA) is 515 Å². The Morgan fingerprint density at radius 1 is 0.535 bits per heavy atom. The highest BCUT2D eigenvalue weighted by Gasteiger charge is 2.45. The van der Waals surface area contributed by atoms with Crippen LogP contribution in [0.4, 0.5) is 15.4 Å². The van der Waals surface area contributed by atoms with Crippen LogP contribution < -0.4 is 43.7 Å². The third kappa shape index (κ3) is 35.6. The summed E-state index contributed by atoms with van der Waals surface area (Å²) in [5.74, 6) is 4.95. The average molecular weight is 2030 g/mol. The van der Waals surface area contributed by atoms with Crippen LogP contribution in [0.3, 0.4) is 0 Å². The van der Waals surface area contributed by atoms with Gasteiger partial charge < -0.3 is 82.2 Å². The summed E-state index contributed by atoms with van der Waals surface area (Å²) in [7, 11) is 5.61. The van der Waals surface area contributed by atoms with E-state index < -0.39 is 66.1 Å². The van der Waals surface area contributed by atoms with E-state index in [1.807, 2.05) is 132 Å². The molecule has 0 spiro atoms. The maximum atomic E-state index is 13.0. The van der Waals surface area contributed by atoms with Crippen LogP contribution in [0.5, 0.6) is 0 Å². The second kappa shape index (κ2) is 56.3. The van der Waals surface area contributed by atoms with Crippen LogP contribution >= 0.6 is 23.5 Å². The SMILES string of the molecule is C=C1N=C(N(C)C)C=CN1[C@H]1CS[C@@H](COC)O1.C=C1NC(=O)N([C@H]2CC(N=[N+]=[N-])[C@@H](COC(C)(C)C)O2)C=C1C.C=C1NC(=O)N([C@H]2CC(N=[N+]=[N-])[C@@H](COCC(C)C)O2)C=C1C.CCCOC[C@H]1O[C@@H](n2ccc(N(CCC)CCC)nc2=O)CS1.Cc1cn([C@H]2CC(N=[N+]=[N-])[C@@H](COC(C)(C)C)O2)c(=O)n(C(C)(C)C)c1=O.Cc1cn([C@H]2CC(N=[N+]=[N-])[C@@H](COCC(C)C)O2)c(=O)n(CC(C)C)c1=O. The highest BCUT2D eigenvalue weighted by atomic mass is 32.2. The van der Waals surface area contributed by atoms with E-state index in [1.165, 1.54) is 40.5 Å². The van der Waals surface area contributed by atoms with Gasteiger partial charge in [0, 0.05) is 183 Å². The van der Waals surface area contributed by atoms with E-state index in [9.17, 15) is 33.6 Å². The first kappa shape index (κ1) is 119. The zero-order valence-electron chi connectivity index (χ0n) is 87.4. The summed E-state index contributed by atoms with van der Waals surface area (Å²) in [6.07, 6.45) is 12.7. The molecule has 0 bridgehead atoms. The highest BCUT2D eigenvalue weighted by molar-refractivity contribution is 8.00. The van der Waals surface area contributed by atoms with Gasteiger partial charge in [-0.1, -0.05) is 103 Å². The van der Waals surface area contributed by atoms with Crippen molar-refractivity contribution in [1.82, 2.24) is 58.1 Å². The van der Waals surface area contributed by atoms with E-state index in [2.05, 4.69) is 120 Å². The fourth-order valence-electron chi connectivity index (χ4n) is 15.6. The van der Waals surface area contributed by atoms with Crippen molar-refractivity contribution in [2.24, 2.45) is 43.2 Å². The fourth-order valence-corrected chi connectivity index (χ4v) is 17.6. The number of amides is 4. The Hall–Kier alpha value is -10.2. The molecular weight excluding hydrogens is 1870 g/mol. The van der Waals surface area contributed by atoms with Crippen LogP contribution in [-0.2, 0) is 68.9 Å². The molecule has 6 saturated heterocycles. The molecule has 0 aromatic carbocycles. The molecule has 9 aliphatic rings. The first-order chi connectivity index (χ1) is 67.0. The number of azide groups is 4. The number of allylic oxidation sites excluding steroid dienone is 2. The lowest BCUT2D eigenvalue weighted by atomic mass is 10.1. The highest BCUT2D eigenvalue weighted by Crippen LogP contribution is 2.38. The number of aromatic nitrogens is 6. The summed E-state index contributed by atoms with van der Waals surface area (Å²) < 4.78 is 75.9. The molecule has 12 heterocycles. The normalized spacial score (nSPS) is 24.7. The zero-order valence-corrected chi connectivity index (χ0v) is 89.0. The van der Waals surface area contributed by atoms with Gasteiger partial charge in [0.15, 0.2) is 0 Å². The van der Waals surface area contributed by atoms with E-state index in [1.54, 1.807) is 82.2 Å². The number of aryl methyl sites for hydroxylation is 2. The standard InChI is InChI=1S/2C18H29N5O4.C17H29N3O3S.2C15H23N5O3.C12H19N3O2S/c1-11-9-22(16(25)23(15(11)24)17(2,3)4)14-8-12(20-21-19)13(27-14)10-26-18(5,6)7;1-11(2)7-23-17(24)13(5)8-22(18(23)25)16-6-14(20-21-19)15(27-16)10-26-9-12(3)4;1-4-8-19(9-5-2)14-7-10-20(17(21)18-14)15-13-24-16(23-15)12-22-11-6-3;1-9-7-20(14(21)17-10(9)2)13-6-11(18-19-16)12(23-13)8-22-15(3,4)5;1-9(2)7-22-8-13-12(18-19-16)5-14(23-13)20-6-10(3)11(4)17-15(20)21;1-9-13-10(14(2)3)5-6-15(9)11-8-18-12(17-11)7-16-4/h9,12-14H,8,10H2,1-7H3;8,11-12,14-16H,6-7,9-10H2,1-5H3;7,10,15-16H,4-6,8-9,11-13H2,1-3H3;7,11-13H,2,6,8H2,1,3-5H3,(H,17,21);6,9,12-14H,4-5,7-8H2,1-3H3,(H,17,21);5-6,11-12H,1,7-8H2,2-4H3/t12?,13-,14-;14?,15-,16-;15-,16+;11?,12-,13-;12?,13-,14-;11-,12+/m111111/s1. The lowest BCUT2D eigenvalue weighted by molar-refractivity contribution is -0.0892. The second-order valence-corrected chi connectivity index (χ2v) is 42.2. The quantitative estimate of drug-likeness (QED) is 0.0239. The number of likely N-dealkylation sites (N-methyl/N-ethyl adjacent to an activating group) is 1. The van der Waals surface area contributed by atoms with E-state index >= 15 is 0 Å². The Morgan fingerprint density at radius 2 is 0.965 bits per heavy atom. The molecule has 142 heavy (non-hydrogen) atoms. The minimum absolute atomic E-state index is 0.00800. The van der Waals surface area contributed by atoms with Gasteiger partial charge in [0.25, 0.3) is 11.1 Å². The summed E-state index contributed by atoms with van der Waals surface area (Å²) >= 11 is 3.44. The lowest BCUT2D eigenvalue weighted by Gasteiger charge is -2.31. The maximum Gasteiger partial charge on any atom is 0.351 e. The number of rotatable bonds is 35. The molecule has 0 saturated carbocycles. The van der Waals surface area contributed by atoms with Crippen molar-refractivity contribution in [3.8, 4) is 0 Å². The molecular formula is C95H152N26O19S2. The Labute approximate surface area is 840 Å². The van der Waals surface area contributed by atoms with Crippen LogP contribution in [-0.4, -0.2) is 260 Å². The first-order valence-electron chi connectivity index (χ1n) is 48.2. The molecule has 47 heteroatoms. The first-order valence-corrected chi connectivity index (χ1v) is 50.3. The number of thioether (sulfide) groups is 2. The van der Waals surface area contributed by atoms with Crippen LogP contribution in [0.25, 0.3) is 41.8 Å². The lowest BCUT2D eigenvalue weighted by Crippen LogP contribution is -2.49. The summed E-state index contributed by atoms with van der Waals surface area (Å²) in [5, 5.41) is 20.6. The van der Waals surface area contributed by atoms with Crippen molar-refractivity contribution in [3.05, 3.63) is 202 Å². The van der Waals surface area contributed by atoms with Gasteiger partial charge in [0.2, 0.25) is 0 Å². The van der Waals surface area contributed by atoms with Crippen LogP contribution in [0.1, 0.15) is 213 Å². The number of anilines is 1. The molecule has 2 N–H and O–H groups in total. The minimum Gasteiger partial charge on any atom is -0.381 e. The van der Waals surface area contributed by atoms with E-state index in [4.69, 9.17) is 79.0 Å². The maximum absolute atomic E-state index is 13.0. The number of ether oxygens (including phenoxy) is 12. The average Bonchev–Trinajstić information content (AvgIpc) is 1.25. The monoisotopic (exact) mass is 2030 g/mol. The summed E-state index contributed by atoms with van der Waals surface area (Å²) in [6, 6.07) is -0.296. The van der Waals surface area contributed by atoms with Crippen molar-refractivity contribution in [2.75, 3.05) is 110 Å². The number of hydrogen-bond donors (Lipinski definition) is 2. The summed E-state index contributed by atoms with van der Waals surface area (Å²) in [4.78, 5) is 117. The molecule has 12 rings (SSSR count). The number of carbonyl (C=O) groups is 2. The largest absolute Gasteiger partial charge is 0.381 e. The molecule has 16 atom stereocenters. The van der Waals surface area contributed by atoms with E-state index in [0.717, 1.165) is 73.3 Å². The van der Waals surface area contributed by atoms with Crippen LogP contribution in [0, 0.1) is 31.6 Å². The van der Waals surface area contributed by atoms with E-state index in [-0.39, 0.29) is 107 Å². The third-order valence-electron chi connectivity index (χ3n) is 22.7. The number of nitrogens with one attached hydrogen (secondary N) is 2.